The molecular formula is C15H22O4. The Labute approximate surface area is 114 Å². The number of aromatic hydroxyl groups is 1. The zero-order valence-electron chi connectivity index (χ0n) is 11.8. The summed E-state index contributed by atoms with van der Waals surface area (Å²) in [5, 5.41) is 9.08. The van der Waals surface area contributed by atoms with E-state index >= 15 is 0 Å². The Morgan fingerprint density at radius 3 is 2.26 bits per heavy atom. The number of carbonyl (C=O) groups is 2. The minimum absolute atomic E-state index is 0.128. The summed E-state index contributed by atoms with van der Waals surface area (Å²) in [4.78, 5) is 22.5. The number of esters is 1. The second kappa shape index (κ2) is 10.1. The number of hydrogen-bond donors (Lipinski definition) is 1. The number of Topliss-reactive ketones (excluding diaryl/α,β-unsaturated/α-hetero) is 1. The second-order valence-corrected chi connectivity index (χ2v) is 3.69. The van der Waals surface area contributed by atoms with E-state index in [0.717, 1.165) is 5.56 Å². The molecule has 4 heteroatoms. The average Bonchev–Trinajstić information content (AvgIpc) is 2.40. The van der Waals surface area contributed by atoms with Crippen molar-refractivity contribution in [3.05, 3.63) is 29.8 Å². The van der Waals surface area contributed by atoms with Crippen LogP contribution in [0.2, 0.25) is 0 Å². The van der Waals surface area contributed by atoms with Gasteiger partial charge in [-0.15, -0.1) is 0 Å². The van der Waals surface area contributed by atoms with Crippen molar-refractivity contribution < 1.29 is 19.4 Å². The van der Waals surface area contributed by atoms with Crippen LogP contribution in [0.25, 0.3) is 0 Å². The fourth-order valence-electron chi connectivity index (χ4n) is 1.41. The molecule has 0 radical (unpaired) electrons. The number of phenolic OH excluding ortho intramolecular Hbond substituents is 1. The molecule has 19 heavy (non-hydrogen) atoms. The SMILES string of the molecule is CC.CCOC(=O)CC(=O)CCc1ccc(O)cc1. The number of rotatable bonds is 6. The molecule has 0 fully saturated rings. The smallest absolute Gasteiger partial charge is 0.313 e. The molecule has 0 bridgehead atoms. The number of aryl methyl sites for hydroxylation is 1. The lowest BCUT2D eigenvalue weighted by Gasteiger charge is -2.02. The normalized spacial score (nSPS) is 9.21. The van der Waals surface area contributed by atoms with Gasteiger partial charge in [0.15, 0.2) is 0 Å². The Balaban J connectivity index is 0.00000154. The molecule has 0 aliphatic carbocycles. The number of benzene rings is 1. The number of ether oxygens (including phenoxy) is 1. The van der Waals surface area contributed by atoms with Gasteiger partial charge < -0.3 is 9.84 Å². The van der Waals surface area contributed by atoms with Crippen molar-refractivity contribution in [2.24, 2.45) is 0 Å². The number of ketones is 1. The number of phenols is 1. The first kappa shape index (κ1) is 17.2. The van der Waals surface area contributed by atoms with Crippen LogP contribution < -0.4 is 0 Å². The van der Waals surface area contributed by atoms with Gasteiger partial charge in [0.05, 0.1) is 6.61 Å². The fourth-order valence-corrected chi connectivity index (χ4v) is 1.41. The lowest BCUT2D eigenvalue weighted by molar-refractivity contribution is -0.145. The maximum atomic E-state index is 11.4. The van der Waals surface area contributed by atoms with Crippen molar-refractivity contribution in [3.8, 4) is 5.75 Å². The zero-order valence-corrected chi connectivity index (χ0v) is 11.8. The van der Waals surface area contributed by atoms with Gasteiger partial charge in [0, 0.05) is 6.42 Å². The van der Waals surface area contributed by atoms with Gasteiger partial charge >= 0.3 is 5.97 Å². The van der Waals surface area contributed by atoms with Crippen LogP contribution in [0.3, 0.4) is 0 Å². The third-order valence-electron chi connectivity index (χ3n) is 2.28. The lowest BCUT2D eigenvalue weighted by atomic mass is 10.1. The molecule has 0 atom stereocenters. The first-order valence-electron chi connectivity index (χ1n) is 6.57. The van der Waals surface area contributed by atoms with Crippen LogP contribution in [0.4, 0.5) is 0 Å². The van der Waals surface area contributed by atoms with Crippen molar-refractivity contribution >= 4 is 11.8 Å². The van der Waals surface area contributed by atoms with E-state index in [9.17, 15) is 9.59 Å². The summed E-state index contributed by atoms with van der Waals surface area (Å²) < 4.78 is 4.69. The van der Waals surface area contributed by atoms with Gasteiger partial charge in [-0.3, -0.25) is 9.59 Å². The summed E-state index contributed by atoms with van der Waals surface area (Å²) in [5.41, 5.74) is 0.958. The van der Waals surface area contributed by atoms with Gasteiger partial charge in [0.1, 0.15) is 18.0 Å². The largest absolute Gasteiger partial charge is 0.508 e. The highest BCUT2D eigenvalue weighted by molar-refractivity contribution is 5.95. The maximum Gasteiger partial charge on any atom is 0.313 e. The summed E-state index contributed by atoms with van der Waals surface area (Å²) in [6.45, 7) is 6.00. The minimum atomic E-state index is -0.469. The Morgan fingerprint density at radius 2 is 1.74 bits per heavy atom. The quantitative estimate of drug-likeness (QED) is 0.635. The molecule has 1 aromatic rings. The predicted octanol–water partition coefficient (Wildman–Crippen LogP) is 2.87. The van der Waals surface area contributed by atoms with Crippen molar-refractivity contribution in [2.45, 2.75) is 40.0 Å². The molecule has 0 saturated carbocycles. The predicted molar refractivity (Wildman–Crippen MR) is 74.0 cm³/mol. The fraction of sp³-hybridized carbons (Fsp3) is 0.467. The number of hydrogen-bond acceptors (Lipinski definition) is 4. The molecule has 106 valence electrons. The minimum Gasteiger partial charge on any atom is -0.508 e. The Hall–Kier alpha value is -1.84. The van der Waals surface area contributed by atoms with Crippen molar-refractivity contribution in [1.82, 2.24) is 0 Å². The molecule has 1 aromatic carbocycles. The van der Waals surface area contributed by atoms with Crippen LogP contribution in [0, 0.1) is 0 Å². The third kappa shape index (κ3) is 7.97. The molecule has 0 saturated heterocycles. The molecular weight excluding hydrogens is 244 g/mol. The highest BCUT2D eigenvalue weighted by atomic mass is 16.5. The zero-order chi connectivity index (χ0) is 14.7. The molecule has 0 unspecified atom stereocenters. The van der Waals surface area contributed by atoms with Gasteiger partial charge in [-0.05, 0) is 31.0 Å². The molecule has 0 aliphatic heterocycles. The molecule has 1 N–H and O–H groups in total. The molecule has 0 aromatic heterocycles. The van der Waals surface area contributed by atoms with Crippen LogP contribution in [-0.2, 0) is 20.7 Å². The highest BCUT2D eigenvalue weighted by Crippen LogP contribution is 2.11. The number of carbonyl (C=O) groups excluding carboxylic acids is 2. The van der Waals surface area contributed by atoms with E-state index in [-0.39, 0.29) is 18.0 Å². The van der Waals surface area contributed by atoms with Gasteiger partial charge in [-0.2, -0.15) is 0 Å². The van der Waals surface area contributed by atoms with E-state index in [1.807, 2.05) is 13.8 Å². The van der Waals surface area contributed by atoms with Crippen molar-refractivity contribution in [2.75, 3.05) is 6.61 Å². The first-order valence-corrected chi connectivity index (χ1v) is 6.57. The highest BCUT2D eigenvalue weighted by Gasteiger charge is 2.10. The van der Waals surface area contributed by atoms with Crippen molar-refractivity contribution in [3.63, 3.8) is 0 Å². The topological polar surface area (TPSA) is 63.6 Å². The second-order valence-electron chi connectivity index (χ2n) is 3.69. The monoisotopic (exact) mass is 266 g/mol. The summed E-state index contributed by atoms with van der Waals surface area (Å²) in [6, 6.07) is 6.66. The van der Waals surface area contributed by atoms with Gasteiger partial charge in [0.2, 0.25) is 0 Å². The van der Waals surface area contributed by atoms with Gasteiger partial charge in [-0.25, -0.2) is 0 Å². The molecule has 0 heterocycles. The van der Waals surface area contributed by atoms with E-state index in [4.69, 9.17) is 5.11 Å². The van der Waals surface area contributed by atoms with E-state index in [2.05, 4.69) is 4.74 Å². The van der Waals surface area contributed by atoms with Crippen LogP contribution in [-0.4, -0.2) is 23.5 Å². The molecule has 0 amide bonds. The molecule has 0 aliphatic rings. The van der Waals surface area contributed by atoms with Crippen LogP contribution in [0.15, 0.2) is 24.3 Å². The Kier molecular flexibility index (Phi) is 9.14. The summed E-state index contributed by atoms with van der Waals surface area (Å²) >= 11 is 0. The third-order valence-corrected chi connectivity index (χ3v) is 2.28. The van der Waals surface area contributed by atoms with E-state index in [1.165, 1.54) is 0 Å². The van der Waals surface area contributed by atoms with E-state index in [1.54, 1.807) is 31.2 Å². The first-order chi connectivity index (χ1) is 9.11. The van der Waals surface area contributed by atoms with Crippen LogP contribution in [0.1, 0.15) is 39.2 Å². The summed E-state index contributed by atoms with van der Waals surface area (Å²) in [6.07, 6.45) is 0.716. The van der Waals surface area contributed by atoms with Crippen LogP contribution >= 0.6 is 0 Å². The van der Waals surface area contributed by atoms with Crippen molar-refractivity contribution in [1.29, 1.82) is 0 Å². The molecule has 4 nitrogen and oxygen atoms in total. The Morgan fingerprint density at radius 1 is 1.16 bits per heavy atom. The van der Waals surface area contributed by atoms with Crippen LogP contribution in [0.5, 0.6) is 5.75 Å². The van der Waals surface area contributed by atoms with E-state index < -0.39 is 5.97 Å². The molecule has 0 spiro atoms. The Bertz CT molecular complexity index is 382. The summed E-state index contributed by atoms with van der Waals surface area (Å²) in [7, 11) is 0. The van der Waals surface area contributed by atoms with Gasteiger partial charge in [0.25, 0.3) is 0 Å². The summed E-state index contributed by atoms with van der Waals surface area (Å²) in [5.74, 6) is -0.397. The lowest BCUT2D eigenvalue weighted by Crippen LogP contribution is -2.11. The average molecular weight is 266 g/mol. The molecule has 1 rings (SSSR count). The van der Waals surface area contributed by atoms with Gasteiger partial charge in [-0.1, -0.05) is 26.0 Å². The van der Waals surface area contributed by atoms with E-state index in [0.29, 0.717) is 19.4 Å². The maximum absolute atomic E-state index is 11.4. The standard InChI is InChI=1S/C13H16O4.C2H6/c1-2-17-13(16)9-12(15)8-5-10-3-6-11(14)7-4-10;1-2/h3-4,6-7,14H,2,5,8-9H2,1H3;1-2H3.